The minimum Gasteiger partial charge on any atom is -0.370 e. The standard InChI is InChI=1S/C15H26N4/c1-4-13-7-5-6-10-19(13)15-16-9-8-14(18-15)17-11-12(2)3/h8-9,12-13H,4-7,10-11H2,1-3H3,(H,16,17,18). The van der Waals surface area contributed by atoms with Crippen LogP contribution in [0.2, 0.25) is 0 Å². The normalized spacial score (nSPS) is 19.8. The number of nitrogens with one attached hydrogen (secondary N) is 1. The molecule has 1 aliphatic rings. The molecule has 2 heterocycles. The van der Waals surface area contributed by atoms with Crippen molar-refractivity contribution in [3.63, 3.8) is 0 Å². The second kappa shape index (κ2) is 6.73. The molecule has 1 fully saturated rings. The quantitative estimate of drug-likeness (QED) is 0.884. The number of rotatable bonds is 5. The van der Waals surface area contributed by atoms with Crippen LogP contribution in [0.1, 0.15) is 46.5 Å². The minimum absolute atomic E-state index is 0.606. The lowest BCUT2D eigenvalue weighted by Crippen LogP contribution is -2.40. The van der Waals surface area contributed by atoms with Crippen LogP contribution in [0.5, 0.6) is 0 Å². The van der Waals surface area contributed by atoms with Crippen molar-refractivity contribution in [1.82, 2.24) is 9.97 Å². The molecule has 1 aromatic heterocycles. The van der Waals surface area contributed by atoms with Gasteiger partial charge >= 0.3 is 0 Å². The van der Waals surface area contributed by atoms with Gasteiger partial charge in [0.25, 0.3) is 0 Å². The number of nitrogens with zero attached hydrogens (tertiary/aromatic N) is 3. The van der Waals surface area contributed by atoms with Crippen LogP contribution in [0, 0.1) is 5.92 Å². The maximum Gasteiger partial charge on any atom is 0.227 e. The summed E-state index contributed by atoms with van der Waals surface area (Å²) >= 11 is 0. The summed E-state index contributed by atoms with van der Waals surface area (Å²) in [5, 5.41) is 3.38. The molecule has 0 radical (unpaired) electrons. The van der Waals surface area contributed by atoms with Crippen molar-refractivity contribution in [1.29, 1.82) is 0 Å². The largest absolute Gasteiger partial charge is 0.370 e. The van der Waals surface area contributed by atoms with Crippen LogP contribution in [0.3, 0.4) is 0 Å². The Morgan fingerprint density at radius 1 is 1.42 bits per heavy atom. The molecule has 1 aromatic rings. The summed E-state index contributed by atoms with van der Waals surface area (Å²) in [5.41, 5.74) is 0. The lowest BCUT2D eigenvalue weighted by atomic mass is 10.0. The minimum atomic E-state index is 0.606. The van der Waals surface area contributed by atoms with E-state index in [0.29, 0.717) is 12.0 Å². The van der Waals surface area contributed by atoms with Crippen LogP contribution in [-0.4, -0.2) is 29.1 Å². The Bertz CT molecular complexity index is 391. The predicted octanol–water partition coefficient (Wildman–Crippen LogP) is 3.31. The molecule has 1 aliphatic heterocycles. The first kappa shape index (κ1) is 14.1. The fraction of sp³-hybridized carbons (Fsp3) is 0.733. The molecule has 4 nitrogen and oxygen atoms in total. The predicted molar refractivity (Wildman–Crippen MR) is 80.6 cm³/mol. The molecule has 0 spiro atoms. The smallest absolute Gasteiger partial charge is 0.227 e. The Labute approximate surface area is 116 Å². The molecule has 2 rings (SSSR count). The maximum absolute atomic E-state index is 4.67. The topological polar surface area (TPSA) is 41.1 Å². The Morgan fingerprint density at radius 3 is 3.00 bits per heavy atom. The van der Waals surface area contributed by atoms with Crippen molar-refractivity contribution in [2.24, 2.45) is 5.92 Å². The fourth-order valence-corrected chi connectivity index (χ4v) is 2.58. The highest BCUT2D eigenvalue weighted by molar-refractivity contribution is 5.42. The van der Waals surface area contributed by atoms with E-state index in [-0.39, 0.29) is 0 Å². The molecule has 1 saturated heterocycles. The third-order valence-corrected chi connectivity index (χ3v) is 3.69. The lowest BCUT2D eigenvalue weighted by molar-refractivity contribution is 0.443. The van der Waals surface area contributed by atoms with E-state index >= 15 is 0 Å². The Kier molecular flexibility index (Phi) is 5.00. The molecule has 106 valence electrons. The zero-order chi connectivity index (χ0) is 13.7. The summed E-state index contributed by atoms with van der Waals surface area (Å²) in [6.45, 7) is 8.70. The first-order valence-electron chi connectivity index (χ1n) is 7.54. The summed E-state index contributed by atoms with van der Waals surface area (Å²) in [5.74, 6) is 2.45. The van der Waals surface area contributed by atoms with Gasteiger partial charge < -0.3 is 10.2 Å². The van der Waals surface area contributed by atoms with Gasteiger partial charge in [-0.2, -0.15) is 4.98 Å². The van der Waals surface area contributed by atoms with Gasteiger partial charge in [0.15, 0.2) is 0 Å². The number of hydrogen-bond acceptors (Lipinski definition) is 4. The Hall–Kier alpha value is -1.32. The van der Waals surface area contributed by atoms with E-state index in [1.54, 1.807) is 0 Å². The van der Waals surface area contributed by atoms with Crippen molar-refractivity contribution in [3.8, 4) is 0 Å². The number of hydrogen-bond donors (Lipinski definition) is 1. The van der Waals surface area contributed by atoms with E-state index in [2.05, 4.69) is 41.0 Å². The van der Waals surface area contributed by atoms with Gasteiger partial charge in [-0.25, -0.2) is 4.98 Å². The van der Waals surface area contributed by atoms with Gasteiger partial charge in [0, 0.05) is 25.3 Å². The fourth-order valence-electron chi connectivity index (χ4n) is 2.58. The molecule has 0 amide bonds. The van der Waals surface area contributed by atoms with Gasteiger partial charge in [-0.15, -0.1) is 0 Å². The van der Waals surface area contributed by atoms with Crippen LogP contribution in [0.15, 0.2) is 12.3 Å². The molecule has 0 saturated carbocycles. The summed E-state index contributed by atoms with van der Waals surface area (Å²) in [6.07, 6.45) is 6.90. The van der Waals surface area contributed by atoms with Gasteiger partial charge in [-0.05, 0) is 37.7 Å². The molecule has 0 aromatic carbocycles. The van der Waals surface area contributed by atoms with Crippen molar-refractivity contribution in [3.05, 3.63) is 12.3 Å². The first-order valence-corrected chi connectivity index (χ1v) is 7.54. The van der Waals surface area contributed by atoms with Crippen LogP contribution < -0.4 is 10.2 Å². The summed E-state index contributed by atoms with van der Waals surface area (Å²) in [7, 11) is 0. The second-order valence-corrected chi connectivity index (χ2v) is 5.77. The monoisotopic (exact) mass is 262 g/mol. The molecular weight excluding hydrogens is 236 g/mol. The Morgan fingerprint density at radius 2 is 2.26 bits per heavy atom. The number of aromatic nitrogens is 2. The molecular formula is C15H26N4. The number of anilines is 2. The van der Waals surface area contributed by atoms with E-state index in [1.165, 1.54) is 25.7 Å². The summed E-state index contributed by atoms with van der Waals surface area (Å²) in [6, 6.07) is 2.56. The Balaban J connectivity index is 2.08. The summed E-state index contributed by atoms with van der Waals surface area (Å²) in [4.78, 5) is 11.5. The van der Waals surface area contributed by atoms with Crippen molar-refractivity contribution < 1.29 is 0 Å². The zero-order valence-corrected chi connectivity index (χ0v) is 12.4. The molecule has 1 atom stereocenters. The van der Waals surface area contributed by atoms with Gasteiger partial charge in [0.2, 0.25) is 5.95 Å². The molecule has 1 N–H and O–H groups in total. The highest BCUT2D eigenvalue weighted by Crippen LogP contribution is 2.24. The highest BCUT2D eigenvalue weighted by Gasteiger charge is 2.23. The zero-order valence-electron chi connectivity index (χ0n) is 12.4. The SMILES string of the molecule is CCC1CCCCN1c1nccc(NCC(C)C)n1. The van der Waals surface area contributed by atoms with E-state index < -0.39 is 0 Å². The molecule has 4 heteroatoms. The molecule has 0 bridgehead atoms. The van der Waals surface area contributed by atoms with Crippen molar-refractivity contribution >= 4 is 11.8 Å². The lowest BCUT2D eigenvalue weighted by Gasteiger charge is -2.35. The van der Waals surface area contributed by atoms with E-state index in [9.17, 15) is 0 Å². The van der Waals surface area contributed by atoms with Crippen molar-refractivity contribution in [2.45, 2.75) is 52.5 Å². The molecule has 19 heavy (non-hydrogen) atoms. The average molecular weight is 262 g/mol. The van der Waals surface area contributed by atoms with Crippen LogP contribution in [-0.2, 0) is 0 Å². The van der Waals surface area contributed by atoms with Gasteiger partial charge in [0.05, 0.1) is 0 Å². The molecule has 0 aliphatic carbocycles. The van der Waals surface area contributed by atoms with E-state index in [4.69, 9.17) is 0 Å². The van der Waals surface area contributed by atoms with Crippen molar-refractivity contribution in [2.75, 3.05) is 23.3 Å². The van der Waals surface area contributed by atoms with E-state index in [1.807, 2.05) is 12.3 Å². The second-order valence-electron chi connectivity index (χ2n) is 5.77. The van der Waals surface area contributed by atoms with Gasteiger partial charge in [-0.1, -0.05) is 20.8 Å². The third-order valence-electron chi connectivity index (χ3n) is 3.69. The van der Waals surface area contributed by atoms with Crippen LogP contribution >= 0.6 is 0 Å². The van der Waals surface area contributed by atoms with Crippen LogP contribution in [0.4, 0.5) is 11.8 Å². The highest BCUT2D eigenvalue weighted by atomic mass is 15.3. The number of piperidine rings is 1. The maximum atomic E-state index is 4.67. The third kappa shape index (κ3) is 3.82. The van der Waals surface area contributed by atoms with Gasteiger partial charge in [0.1, 0.15) is 5.82 Å². The van der Waals surface area contributed by atoms with Gasteiger partial charge in [-0.3, -0.25) is 0 Å². The summed E-state index contributed by atoms with van der Waals surface area (Å²) < 4.78 is 0. The van der Waals surface area contributed by atoms with Crippen LogP contribution in [0.25, 0.3) is 0 Å². The first-order chi connectivity index (χ1) is 9.20. The van der Waals surface area contributed by atoms with E-state index in [0.717, 1.165) is 24.9 Å². The average Bonchev–Trinajstić information content (AvgIpc) is 2.45. The molecule has 1 unspecified atom stereocenters.